The molecular weight excluding hydrogens is 474 g/mol. The maximum atomic E-state index is 10.8. The fourth-order valence-electron chi connectivity index (χ4n) is 4.50. The van der Waals surface area contributed by atoms with Crippen molar-refractivity contribution in [3.8, 4) is 22.5 Å². The van der Waals surface area contributed by atoms with Crippen LogP contribution in [-0.2, 0) is 9.53 Å². The molecule has 0 radical (unpaired) electrons. The number of aryl methyl sites for hydroxylation is 1. The highest BCUT2D eigenvalue weighted by molar-refractivity contribution is 6.30. The molecule has 0 spiro atoms. The third-order valence-electron chi connectivity index (χ3n) is 6.38. The van der Waals surface area contributed by atoms with Crippen LogP contribution in [0.1, 0.15) is 37.8 Å². The van der Waals surface area contributed by atoms with Crippen molar-refractivity contribution < 1.29 is 13.9 Å². The second kappa shape index (κ2) is 12.7. The normalized spacial score (nSPS) is 13.8. The zero-order chi connectivity index (χ0) is 25.3. The van der Waals surface area contributed by atoms with Crippen molar-refractivity contribution in [2.24, 2.45) is 0 Å². The summed E-state index contributed by atoms with van der Waals surface area (Å²) in [6, 6.07) is 17.8. The van der Waals surface area contributed by atoms with Crippen molar-refractivity contribution in [2.75, 3.05) is 26.7 Å². The number of furan rings is 1. The molecule has 2 aromatic carbocycles. The van der Waals surface area contributed by atoms with Crippen LogP contribution >= 0.6 is 11.6 Å². The molecule has 188 valence electrons. The highest BCUT2D eigenvalue weighted by Gasteiger charge is 2.20. The number of esters is 1. The Balaban J connectivity index is 0.000000200. The quantitative estimate of drug-likeness (QED) is 0.264. The van der Waals surface area contributed by atoms with E-state index in [1.165, 1.54) is 45.8 Å². The summed E-state index contributed by atoms with van der Waals surface area (Å²) in [6.45, 7) is 5.44. The molecule has 1 aliphatic heterocycles. The maximum Gasteiger partial charge on any atom is 0.305 e. The lowest BCUT2D eigenvalue weighted by Gasteiger charge is -2.25. The van der Waals surface area contributed by atoms with Gasteiger partial charge in [-0.3, -0.25) is 4.79 Å². The lowest BCUT2D eigenvalue weighted by Crippen LogP contribution is -2.30. The third kappa shape index (κ3) is 6.50. The average molecular weight is 506 g/mol. The number of nitrogens with zero attached hydrogens (tertiary/aromatic N) is 3. The number of halogens is 1. The van der Waals surface area contributed by atoms with E-state index >= 15 is 0 Å². The molecule has 0 N–H and O–H groups in total. The number of rotatable bonds is 6. The predicted molar refractivity (Wildman–Crippen MR) is 144 cm³/mol. The Morgan fingerprint density at radius 1 is 1.00 bits per heavy atom. The number of benzene rings is 2. The molecule has 1 aliphatic rings. The van der Waals surface area contributed by atoms with Crippen molar-refractivity contribution in [1.82, 2.24) is 14.9 Å². The van der Waals surface area contributed by atoms with Crippen LogP contribution in [0.4, 0.5) is 0 Å². The first-order valence-electron chi connectivity index (χ1n) is 12.4. The van der Waals surface area contributed by atoms with Gasteiger partial charge < -0.3 is 14.1 Å². The molecule has 0 atom stereocenters. The number of hydrogen-bond acceptors (Lipinski definition) is 6. The van der Waals surface area contributed by atoms with E-state index in [0.717, 1.165) is 46.5 Å². The molecule has 0 aliphatic carbocycles. The van der Waals surface area contributed by atoms with Crippen LogP contribution in [0.15, 0.2) is 65.3 Å². The van der Waals surface area contributed by atoms with Gasteiger partial charge in [-0.1, -0.05) is 60.5 Å². The lowest BCUT2D eigenvalue weighted by atomic mass is 9.99. The second-order valence-electron chi connectivity index (χ2n) is 8.90. The lowest BCUT2D eigenvalue weighted by molar-refractivity contribution is -0.140. The molecule has 7 heteroatoms. The summed E-state index contributed by atoms with van der Waals surface area (Å²) >= 11 is 6.03. The highest BCUT2D eigenvalue weighted by Crippen LogP contribution is 2.41. The van der Waals surface area contributed by atoms with E-state index in [2.05, 4.69) is 19.6 Å². The van der Waals surface area contributed by atoms with Gasteiger partial charge in [-0.15, -0.1) is 0 Å². The molecule has 0 unspecified atom stereocenters. The van der Waals surface area contributed by atoms with E-state index < -0.39 is 0 Å². The molecule has 4 aromatic rings. The van der Waals surface area contributed by atoms with Crippen molar-refractivity contribution in [1.29, 1.82) is 0 Å². The summed E-state index contributed by atoms with van der Waals surface area (Å²) in [5, 5.41) is 1.64. The standard InChI is InChI=1S/C19H13ClN2O.C10H19NO2/c1-12-16-17(13-7-9-15(20)10-8-13)18(14-5-3-2-4-6-14)23-19(16)22-11-21-12;1-13-10(12)6-5-9-11-7-3-2-4-8-11/h2-11H,1H3;2-9H2,1H3. The van der Waals surface area contributed by atoms with Crippen molar-refractivity contribution in [3.05, 3.63) is 71.6 Å². The molecular formula is C29H32ClN3O3. The summed E-state index contributed by atoms with van der Waals surface area (Å²) in [6.07, 6.45) is 7.03. The number of hydrogen-bond donors (Lipinski definition) is 0. The molecule has 2 aromatic heterocycles. The molecule has 1 fully saturated rings. The Morgan fingerprint density at radius 3 is 2.42 bits per heavy atom. The van der Waals surface area contributed by atoms with Gasteiger partial charge in [0.15, 0.2) is 0 Å². The summed E-state index contributed by atoms with van der Waals surface area (Å²) in [4.78, 5) is 21.9. The smallest absolute Gasteiger partial charge is 0.305 e. The molecule has 0 bridgehead atoms. The minimum Gasteiger partial charge on any atom is -0.469 e. The monoisotopic (exact) mass is 505 g/mol. The van der Waals surface area contributed by atoms with Gasteiger partial charge in [0.05, 0.1) is 18.2 Å². The van der Waals surface area contributed by atoms with E-state index in [-0.39, 0.29) is 5.97 Å². The van der Waals surface area contributed by atoms with Crippen molar-refractivity contribution >= 4 is 28.7 Å². The van der Waals surface area contributed by atoms with Gasteiger partial charge in [0, 0.05) is 22.6 Å². The van der Waals surface area contributed by atoms with Gasteiger partial charge in [0.25, 0.3) is 0 Å². The number of fused-ring (bicyclic) bond motifs is 1. The van der Waals surface area contributed by atoms with Gasteiger partial charge in [-0.25, -0.2) is 9.97 Å². The molecule has 6 nitrogen and oxygen atoms in total. The Morgan fingerprint density at radius 2 is 1.72 bits per heavy atom. The Hall–Kier alpha value is -3.22. The van der Waals surface area contributed by atoms with Crippen LogP contribution in [0.2, 0.25) is 5.02 Å². The van der Waals surface area contributed by atoms with E-state index in [1.54, 1.807) is 0 Å². The Labute approximate surface area is 217 Å². The number of carbonyl (C=O) groups is 1. The predicted octanol–water partition coefficient (Wildman–Crippen LogP) is 6.94. The van der Waals surface area contributed by atoms with Crippen LogP contribution in [0.3, 0.4) is 0 Å². The first-order valence-corrected chi connectivity index (χ1v) is 12.8. The number of piperidine rings is 1. The molecule has 36 heavy (non-hydrogen) atoms. The average Bonchev–Trinajstić information content (AvgIpc) is 3.31. The van der Waals surface area contributed by atoms with Gasteiger partial charge in [0.1, 0.15) is 12.1 Å². The van der Waals surface area contributed by atoms with Gasteiger partial charge >= 0.3 is 5.97 Å². The van der Waals surface area contributed by atoms with Crippen LogP contribution in [-0.4, -0.2) is 47.6 Å². The largest absolute Gasteiger partial charge is 0.469 e. The number of ether oxygens (including phenoxy) is 1. The first kappa shape index (κ1) is 25.9. The van der Waals surface area contributed by atoms with E-state index in [9.17, 15) is 4.79 Å². The van der Waals surface area contributed by atoms with Crippen LogP contribution in [0.25, 0.3) is 33.6 Å². The zero-order valence-electron chi connectivity index (χ0n) is 20.9. The van der Waals surface area contributed by atoms with Crippen LogP contribution in [0, 0.1) is 6.92 Å². The SMILES string of the molecule is COC(=O)CCCN1CCCCC1.Cc1ncnc2oc(-c3ccccc3)c(-c3ccc(Cl)cc3)c12. The summed E-state index contributed by atoms with van der Waals surface area (Å²) < 4.78 is 10.6. The van der Waals surface area contributed by atoms with Crippen LogP contribution in [0.5, 0.6) is 0 Å². The van der Waals surface area contributed by atoms with E-state index in [4.69, 9.17) is 16.0 Å². The maximum absolute atomic E-state index is 10.8. The molecule has 0 amide bonds. The second-order valence-corrected chi connectivity index (χ2v) is 9.34. The van der Waals surface area contributed by atoms with Crippen molar-refractivity contribution in [3.63, 3.8) is 0 Å². The molecule has 3 heterocycles. The van der Waals surface area contributed by atoms with Crippen molar-refractivity contribution in [2.45, 2.75) is 39.0 Å². The molecule has 5 rings (SSSR count). The van der Waals surface area contributed by atoms with E-state index in [0.29, 0.717) is 17.2 Å². The summed E-state index contributed by atoms with van der Waals surface area (Å²) in [7, 11) is 1.45. The highest BCUT2D eigenvalue weighted by atomic mass is 35.5. The van der Waals surface area contributed by atoms with E-state index in [1.807, 2.05) is 61.5 Å². The number of aromatic nitrogens is 2. The number of carbonyl (C=O) groups excluding carboxylic acids is 1. The Bertz CT molecular complexity index is 1270. The number of likely N-dealkylation sites (tertiary alicyclic amines) is 1. The number of methoxy groups -OCH3 is 1. The fourth-order valence-corrected chi connectivity index (χ4v) is 4.62. The third-order valence-corrected chi connectivity index (χ3v) is 6.63. The van der Waals surface area contributed by atoms with Gasteiger partial charge in [-0.05, 0) is 63.5 Å². The Kier molecular flexibility index (Phi) is 9.09. The zero-order valence-corrected chi connectivity index (χ0v) is 21.6. The van der Waals surface area contributed by atoms with Gasteiger partial charge in [0.2, 0.25) is 5.71 Å². The van der Waals surface area contributed by atoms with Gasteiger partial charge in [-0.2, -0.15) is 0 Å². The van der Waals surface area contributed by atoms with Crippen LogP contribution < -0.4 is 0 Å². The summed E-state index contributed by atoms with van der Waals surface area (Å²) in [5.74, 6) is 0.712. The molecule has 1 saturated heterocycles. The summed E-state index contributed by atoms with van der Waals surface area (Å²) in [5.41, 5.74) is 4.54. The molecule has 0 saturated carbocycles. The fraction of sp³-hybridized carbons (Fsp3) is 0.345. The topological polar surface area (TPSA) is 68.5 Å². The first-order chi connectivity index (χ1) is 17.6. The minimum atomic E-state index is -0.0861. The minimum absolute atomic E-state index is 0.0861.